The van der Waals surface area contributed by atoms with Crippen LogP contribution in [0.5, 0.6) is 0 Å². The number of anilines is 4. The monoisotopic (exact) mass is 1380 g/mol. The highest BCUT2D eigenvalue weighted by molar-refractivity contribution is 8.44. The normalized spacial score (nSPS) is 36.6. The number of hydrogen-bond donors (Lipinski definition) is 10. The smallest absolute Gasteiger partial charge is 0.386 e. The van der Waals surface area contributed by atoms with E-state index in [1.807, 2.05) is 0 Å². The third kappa shape index (κ3) is 12.1. The summed E-state index contributed by atoms with van der Waals surface area (Å²) in [5.41, 5.74) is 23.7. The third-order valence-corrected chi connectivity index (χ3v) is 20.8. The van der Waals surface area contributed by atoms with Crippen LogP contribution in [0.3, 0.4) is 0 Å². The van der Waals surface area contributed by atoms with Crippen LogP contribution in [0.1, 0.15) is 37.8 Å². The van der Waals surface area contributed by atoms with Gasteiger partial charge in [-0.25, -0.2) is 48.2 Å². The van der Waals surface area contributed by atoms with E-state index in [9.17, 15) is 28.8 Å². The molecule has 4 unspecified atom stereocenters. The number of H-pyrrole nitrogens is 2. The minimum Gasteiger partial charge on any atom is -0.397 e. The van der Waals surface area contributed by atoms with E-state index >= 15 is 8.78 Å². The first kappa shape index (κ1) is 61.7. The molecule has 14 rings (SSSR count). The molecule has 18 atom stereocenters. The first-order chi connectivity index (χ1) is 41.8. The van der Waals surface area contributed by atoms with Gasteiger partial charge in [0.15, 0.2) is 64.2 Å². The predicted molar refractivity (Wildman–Crippen MR) is 311 cm³/mol. The summed E-state index contributed by atoms with van der Waals surface area (Å²) in [4.78, 5) is 99.3. The zero-order chi connectivity index (χ0) is 61.9. The number of hydrogen-bond acceptors (Lipinski definition) is 31. The average Bonchev–Trinajstić information content (AvgIpc) is 2.42. The summed E-state index contributed by atoms with van der Waals surface area (Å²) in [7, 11) is 0. The molecule has 88 heavy (non-hydrogen) atoms. The Bertz CT molecular complexity index is 4090. The third-order valence-electron chi connectivity index (χ3n) is 14.5. The van der Waals surface area contributed by atoms with E-state index in [0.717, 1.165) is 6.33 Å². The molecule has 6 aliphatic heterocycles. The molecule has 0 aliphatic carbocycles. The Morgan fingerprint density at radius 2 is 0.989 bits per heavy atom. The number of nitrogens with zero attached hydrogens (tertiary/aromatic N) is 13. The zero-order valence-corrected chi connectivity index (χ0v) is 51.1. The fourth-order valence-electron chi connectivity index (χ4n) is 10.5. The van der Waals surface area contributed by atoms with Crippen LogP contribution < -0.4 is 34.1 Å². The van der Waals surface area contributed by atoms with Crippen molar-refractivity contribution in [1.29, 1.82) is 0 Å². The second-order valence-electron chi connectivity index (χ2n) is 20.1. The Balaban J connectivity index is 0.000000162. The molecule has 0 aromatic carbocycles. The van der Waals surface area contributed by atoms with E-state index in [1.165, 1.54) is 40.6 Å². The lowest BCUT2D eigenvalue weighted by atomic mass is 10.1. The van der Waals surface area contributed by atoms with Crippen LogP contribution >= 0.6 is 39.2 Å². The largest absolute Gasteiger partial charge is 0.397 e. The first-order valence-electron chi connectivity index (χ1n) is 25.8. The highest BCUT2D eigenvalue weighted by Gasteiger charge is 2.54. The van der Waals surface area contributed by atoms with E-state index in [-0.39, 0.29) is 52.9 Å². The Hall–Kier alpha value is -5.14. The summed E-state index contributed by atoms with van der Waals surface area (Å²) < 4.78 is 120. The number of imidazole rings is 4. The van der Waals surface area contributed by atoms with Gasteiger partial charge in [0.2, 0.25) is 11.9 Å². The van der Waals surface area contributed by atoms with E-state index in [4.69, 9.17) is 113 Å². The maximum atomic E-state index is 15.8. The van der Waals surface area contributed by atoms with Crippen molar-refractivity contribution < 1.29 is 83.2 Å². The molecular weight excluding hydrogens is 1340 g/mol. The van der Waals surface area contributed by atoms with Crippen molar-refractivity contribution >= 4 is 143 Å². The predicted octanol–water partition coefficient (Wildman–Crippen LogP) is 1.22. The van der Waals surface area contributed by atoms with Crippen molar-refractivity contribution in [3.8, 4) is 0 Å². The Morgan fingerprint density at radius 1 is 0.545 bits per heavy atom. The molecule has 37 nitrogen and oxygen atoms in total. The highest BCUT2D eigenvalue weighted by atomic mass is 32.7. The van der Waals surface area contributed by atoms with Crippen molar-refractivity contribution in [2.24, 2.45) is 0 Å². The molecule has 4 bridgehead atoms. The summed E-state index contributed by atoms with van der Waals surface area (Å²) in [6.07, 6.45) is -9.78. The fourth-order valence-corrected chi connectivity index (χ4v) is 16.3. The summed E-state index contributed by atoms with van der Waals surface area (Å²) in [6.45, 7) is -18.6. The molecule has 6 aliphatic rings. The van der Waals surface area contributed by atoms with Gasteiger partial charge in [-0.2, -0.15) is 9.97 Å². The molecule has 8 aromatic heterocycles. The number of fused-ring (bicyclic) bond motifs is 10. The lowest BCUT2D eigenvalue weighted by Crippen LogP contribution is -2.32. The molecule has 47 heteroatoms. The van der Waals surface area contributed by atoms with Gasteiger partial charge < -0.3 is 79.2 Å². The molecule has 13 N–H and O–H groups in total. The Morgan fingerprint density at radius 3 is 1.52 bits per heavy atom. The number of alkyl halides is 2. The van der Waals surface area contributed by atoms with Crippen LogP contribution in [0, 0.1) is 0 Å². The van der Waals surface area contributed by atoms with Gasteiger partial charge in [0.25, 0.3) is 11.1 Å². The van der Waals surface area contributed by atoms with Crippen LogP contribution in [0.25, 0.3) is 44.7 Å². The number of nitrogens with two attached hydrogens (primary N) is 4. The van der Waals surface area contributed by atoms with Crippen LogP contribution in [-0.4, -0.2) is 175 Å². The number of pyridine rings is 1. The van der Waals surface area contributed by atoms with Gasteiger partial charge in [0.05, 0.1) is 69.6 Å². The van der Waals surface area contributed by atoms with Gasteiger partial charge in [0.1, 0.15) is 66.4 Å². The molecule has 0 amide bonds. The van der Waals surface area contributed by atoms with Crippen LogP contribution in [-0.2, 0) is 95.1 Å². The number of aromatic amines is 2. The van der Waals surface area contributed by atoms with Crippen molar-refractivity contribution in [3.05, 3.63) is 64.6 Å². The minimum atomic E-state index is -4.34. The lowest BCUT2D eigenvalue weighted by molar-refractivity contribution is -0.0596. The first-order valence-corrected chi connectivity index (χ1v) is 36.2. The van der Waals surface area contributed by atoms with Crippen molar-refractivity contribution in [1.82, 2.24) is 73.1 Å². The number of nitrogen functional groups attached to an aromatic ring is 4. The second kappa shape index (κ2) is 23.5. The molecule has 6 saturated heterocycles. The minimum absolute atomic E-state index is 0.0465. The van der Waals surface area contributed by atoms with E-state index in [1.54, 1.807) is 15.2 Å². The number of rotatable bonds is 4. The van der Waals surface area contributed by atoms with Crippen LogP contribution in [0.15, 0.2) is 53.5 Å². The molecule has 472 valence electrons. The standard InChI is InChI=1S/C21H24FN9O9P2S2.C20H23FN10O9P2S2/c22-13-11-5-36-41(33,43)39-9-3-12(30-6-26-14-8(23)1-2-25-17(14)30)37-10(9)4-35-42(34,44)40-16(13)20(38-11)31-7-27-15-18(31)28-21(24)29-19(15)32;21-11-9-3-36-41(33,43)39-7-1-10(30-5-26-12-15(22)24-4-25-16(12)30)37-8(7)2-35-42(34,44)40-14(11)19(38-9)31-6-27-13-17(31)28-20(23)29-18(13)32/h1-2,6-7,9-13,16,20H,3-5H2,(H2,23,25)(H,33,43)(H,34,44)(H3,24,28,29,32);4-11,14,19H,1-3H2,(H,33,43)(H,34,44)(H2,22,24,25)(H3,23,28,29,32)/t9-,10+,11+,12+,13+,16+,20+,41?,42?;7-,8+,9+,10+,11+,14+,19+,41?,42?/m00/s1. The number of halogens is 2. The second-order valence-corrected chi connectivity index (χ2v) is 31.3. The zero-order valence-electron chi connectivity index (χ0n) is 44.2. The number of ether oxygens (including phenoxy) is 4. The van der Waals surface area contributed by atoms with Crippen LogP contribution in [0.2, 0.25) is 0 Å². The molecule has 0 spiro atoms. The van der Waals surface area contributed by atoms with E-state index < -0.39 is 151 Å². The SMILES string of the molecule is Nc1nc2c(ncn2[C@@H]2O[C@@H]3COP(O)(=S)O[C@H]4C[C@H](n5cnc6c(N)ccnc65)O[C@@H]4COP(=O)(S)O[C@@H]2[C@@H]3F)c(=O)[nH]1.Nc1nc2c(ncn2[C@@H]2O[C@@H]3COP(O)(=S)O[C@H]4C[C@H](n5cnc6c(N)ncnc65)O[C@@H]4COP(O)(=S)O[C@@H]2[C@@H]3F)c(=O)[nH]1. The van der Waals surface area contributed by atoms with Gasteiger partial charge in [-0.1, -0.05) is 12.2 Å². The molecule has 0 radical (unpaired) electrons. The Kier molecular flexibility index (Phi) is 16.5. The number of aromatic nitrogens is 15. The Labute approximate surface area is 509 Å². The van der Waals surface area contributed by atoms with E-state index in [0.29, 0.717) is 28.0 Å². The summed E-state index contributed by atoms with van der Waals surface area (Å²) in [5, 5.41) is 0. The number of nitrogens with one attached hydrogen (secondary N) is 2. The molecule has 0 saturated carbocycles. The van der Waals surface area contributed by atoms with Gasteiger partial charge in [-0.3, -0.25) is 51.4 Å². The summed E-state index contributed by atoms with van der Waals surface area (Å²) in [5.74, 6) is -0.286. The van der Waals surface area contributed by atoms with Gasteiger partial charge in [-0.05, 0) is 41.5 Å². The lowest BCUT2D eigenvalue weighted by Gasteiger charge is -2.27. The fraction of sp³-hybridized carbons (Fsp3) is 0.488. The van der Waals surface area contributed by atoms with E-state index in [2.05, 4.69) is 67.1 Å². The van der Waals surface area contributed by atoms with Crippen molar-refractivity contribution in [2.75, 3.05) is 49.4 Å². The topological polar surface area (TPSA) is 494 Å². The maximum Gasteiger partial charge on any atom is 0.386 e. The van der Waals surface area contributed by atoms with Crippen molar-refractivity contribution in [3.63, 3.8) is 0 Å². The van der Waals surface area contributed by atoms with Gasteiger partial charge >= 0.3 is 27.0 Å². The molecular formula is C41H47F2N19O18P4S4. The molecule has 14 heterocycles. The van der Waals surface area contributed by atoms with Gasteiger partial charge in [-0.15, -0.1) is 0 Å². The summed E-state index contributed by atoms with van der Waals surface area (Å²) >= 11 is 19.8. The molecule has 6 fully saturated rings. The van der Waals surface area contributed by atoms with Crippen LogP contribution in [0.4, 0.5) is 32.2 Å². The quantitative estimate of drug-likeness (QED) is 0.0874. The average molecular weight is 1380 g/mol. The highest BCUT2D eigenvalue weighted by Crippen LogP contribution is 2.59. The summed E-state index contributed by atoms with van der Waals surface area (Å²) in [6, 6.07) is 1.61. The molecule has 8 aromatic rings. The number of thiol groups is 1. The maximum absolute atomic E-state index is 15.8. The van der Waals surface area contributed by atoms with Gasteiger partial charge in [0, 0.05) is 19.0 Å². The van der Waals surface area contributed by atoms with Crippen molar-refractivity contribution in [2.45, 2.75) is 98.9 Å².